The van der Waals surface area contributed by atoms with Gasteiger partial charge in [-0.05, 0) is 86.9 Å². The third-order valence-electron chi connectivity index (χ3n) is 6.66. The highest BCUT2D eigenvalue weighted by Crippen LogP contribution is 2.23. The van der Waals surface area contributed by atoms with Crippen molar-refractivity contribution in [3.63, 3.8) is 0 Å². The van der Waals surface area contributed by atoms with Crippen LogP contribution in [0.15, 0.2) is 73.0 Å². The van der Waals surface area contributed by atoms with E-state index < -0.39 is 0 Å². The molecule has 0 spiro atoms. The highest BCUT2D eigenvalue weighted by Gasteiger charge is 2.15. The van der Waals surface area contributed by atoms with Gasteiger partial charge in [0.05, 0.1) is 5.69 Å². The molecule has 3 rings (SSSR count). The lowest BCUT2D eigenvalue weighted by molar-refractivity contribution is 0.195. The zero-order valence-electron chi connectivity index (χ0n) is 22.4. The Hall–Kier alpha value is -2.52. The van der Waals surface area contributed by atoms with E-state index in [9.17, 15) is 4.39 Å². The Morgan fingerprint density at radius 1 is 1.17 bits per heavy atom. The minimum atomic E-state index is -0.359. The average molecular weight is 477 g/mol. The van der Waals surface area contributed by atoms with Crippen LogP contribution >= 0.6 is 0 Å². The molecule has 1 aromatic carbocycles. The fourth-order valence-electron chi connectivity index (χ4n) is 4.41. The van der Waals surface area contributed by atoms with Gasteiger partial charge in [-0.15, -0.1) is 0 Å². The molecule has 35 heavy (non-hydrogen) atoms. The molecule has 1 fully saturated rings. The number of hydrogen-bond acceptors (Lipinski definition) is 2. The van der Waals surface area contributed by atoms with Gasteiger partial charge in [0, 0.05) is 18.3 Å². The zero-order valence-corrected chi connectivity index (χ0v) is 22.4. The second kappa shape index (κ2) is 16.2. The predicted octanol–water partition coefficient (Wildman–Crippen LogP) is 8.37. The van der Waals surface area contributed by atoms with Gasteiger partial charge in [0.2, 0.25) is 0 Å². The molecule has 0 unspecified atom stereocenters. The minimum Gasteiger partial charge on any atom is -0.303 e. The fraction of sp³-hybridized carbons (Fsp3) is 0.469. The van der Waals surface area contributed by atoms with E-state index in [0.717, 1.165) is 48.6 Å². The summed E-state index contributed by atoms with van der Waals surface area (Å²) >= 11 is 0. The highest BCUT2D eigenvalue weighted by molar-refractivity contribution is 5.76. The number of halogens is 1. The topological polar surface area (TPSA) is 16.1 Å². The van der Waals surface area contributed by atoms with E-state index in [1.165, 1.54) is 49.1 Å². The van der Waals surface area contributed by atoms with Crippen molar-refractivity contribution in [1.29, 1.82) is 0 Å². The summed E-state index contributed by atoms with van der Waals surface area (Å²) in [6.07, 6.45) is 14.6. The average Bonchev–Trinajstić information content (AvgIpc) is 2.88. The summed E-state index contributed by atoms with van der Waals surface area (Å²) in [4.78, 5) is 6.88. The van der Waals surface area contributed by atoms with E-state index >= 15 is 0 Å². The van der Waals surface area contributed by atoms with Gasteiger partial charge < -0.3 is 4.90 Å². The van der Waals surface area contributed by atoms with Gasteiger partial charge in [0.1, 0.15) is 6.67 Å². The maximum absolute atomic E-state index is 12.1. The Balaban J connectivity index is 0.000000247. The maximum atomic E-state index is 12.1. The lowest BCUT2D eigenvalue weighted by atomic mass is 9.97. The van der Waals surface area contributed by atoms with Gasteiger partial charge in [-0.1, -0.05) is 81.8 Å². The number of likely N-dealkylation sites (tertiary alicyclic amines) is 1. The van der Waals surface area contributed by atoms with Crippen LogP contribution < -0.4 is 0 Å². The number of piperidine rings is 1. The summed E-state index contributed by atoms with van der Waals surface area (Å²) in [5.74, 6) is 0.892. The molecule has 1 aliphatic heterocycles. The molecule has 0 saturated carbocycles. The molecule has 1 aromatic heterocycles. The highest BCUT2D eigenvalue weighted by atomic mass is 19.1. The van der Waals surface area contributed by atoms with Crippen molar-refractivity contribution in [2.75, 3.05) is 26.3 Å². The third-order valence-corrected chi connectivity index (χ3v) is 6.66. The number of benzene rings is 1. The molecule has 1 aliphatic rings. The predicted molar refractivity (Wildman–Crippen MR) is 150 cm³/mol. The van der Waals surface area contributed by atoms with Crippen LogP contribution in [-0.4, -0.2) is 36.2 Å². The normalized spacial score (nSPS) is 15.2. The summed E-state index contributed by atoms with van der Waals surface area (Å²) in [6, 6.07) is 12.5. The molecule has 0 radical (unpaired) electrons. The molecule has 0 amide bonds. The van der Waals surface area contributed by atoms with E-state index in [0.29, 0.717) is 0 Å². The van der Waals surface area contributed by atoms with E-state index in [-0.39, 0.29) is 6.67 Å². The van der Waals surface area contributed by atoms with Gasteiger partial charge in [0.15, 0.2) is 0 Å². The number of aryl methyl sites for hydroxylation is 2. The van der Waals surface area contributed by atoms with Gasteiger partial charge in [0.25, 0.3) is 0 Å². The van der Waals surface area contributed by atoms with Crippen molar-refractivity contribution in [3.8, 4) is 0 Å². The van der Waals surface area contributed by atoms with E-state index in [4.69, 9.17) is 0 Å². The molecule has 0 aliphatic carbocycles. The largest absolute Gasteiger partial charge is 0.303 e. The second-order valence-electron chi connectivity index (χ2n) is 9.60. The fourth-order valence-corrected chi connectivity index (χ4v) is 4.41. The first-order chi connectivity index (χ1) is 17.0. The Morgan fingerprint density at radius 2 is 1.94 bits per heavy atom. The lowest BCUT2D eigenvalue weighted by Gasteiger charge is -2.30. The van der Waals surface area contributed by atoms with Crippen molar-refractivity contribution < 1.29 is 4.39 Å². The molecule has 1 saturated heterocycles. The van der Waals surface area contributed by atoms with Crippen LogP contribution in [0, 0.1) is 12.8 Å². The monoisotopic (exact) mass is 476 g/mol. The van der Waals surface area contributed by atoms with E-state index in [2.05, 4.69) is 68.4 Å². The quantitative estimate of drug-likeness (QED) is 0.320. The van der Waals surface area contributed by atoms with Crippen molar-refractivity contribution >= 4 is 5.57 Å². The number of alkyl halides is 1. The summed E-state index contributed by atoms with van der Waals surface area (Å²) < 4.78 is 12.1. The lowest BCUT2D eigenvalue weighted by Crippen LogP contribution is -2.33. The van der Waals surface area contributed by atoms with Crippen LogP contribution in [0.2, 0.25) is 0 Å². The van der Waals surface area contributed by atoms with Crippen LogP contribution in [-0.2, 0) is 6.42 Å². The molecule has 2 heterocycles. The Kier molecular flexibility index (Phi) is 13.3. The van der Waals surface area contributed by atoms with E-state index in [1.54, 1.807) is 12.3 Å². The molecule has 0 N–H and O–H groups in total. The van der Waals surface area contributed by atoms with Crippen LogP contribution in [0.4, 0.5) is 4.39 Å². The zero-order chi connectivity index (χ0) is 25.5. The number of nitrogens with zero attached hydrogens (tertiary/aromatic N) is 2. The molecule has 0 bridgehead atoms. The Morgan fingerprint density at radius 3 is 2.54 bits per heavy atom. The molecule has 190 valence electrons. The van der Waals surface area contributed by atoms with Gasteiger partial charge in [-0.3, -0.25) is 4.98 Å². The first-order valence-electron chi connectivity index (χ1n) is 13.3. The van der Waals surface area contributed by atoms with E-state index in [1.807, 2.05) is 24.3 Å². The SMILES string of the molecule is C=C(c1ccc(CCC)c(C)c1)c1ccccn1.CC/C=C(\C=C/CF)CCN1CCC(C)CC1. The first kappa shape index (κ1) is 28.7. The van der Waals surface area contributed by atoms with Gasteiger partial charge in [-0.25, -0.2) is 4.39 Å². The third kappa shape index (κ3) is 10.3. The molecule has 3 heteroatoms. The smallest absolute Gasteiger partial charge is 0.108 e. The van der Waals surface area contributed by atoms with Gasteiger partial charge >= 0.3 is 0 Å². The number of rotatable bonds is 10. The summed E-state index contributed by atoms with van der Waals surface area (Å²) in [5.41, 5.74) is 7.14. The standard InChI is InChI=1S/C17H19N.C15H26FN/c1-4-7-15-9-10-16(12-13(15)2)14(3)17-8-5-6-11-18-17;1-3-5-15(6-4-10-16)9-13-17-11-7-14(2)8-12-17/h5-6,8-12H,3-4,7H2,1-2H3;4-6,14H,3,7-13H2,1-2H3/b;6-4-,15-5+. The van der Waals surface area contributed by atoms with Gasteiger partial charge in [-0.2, -0.15) is 0 Å². The number of pyridine rings is 1. The minimum absolute atomic E-state index is 0.359. The van der Waals surface area contributed by atoms with Crippen molar-refractivity contribution in [2.45, 2.75) is 66.2 Å². The molecule has 0 atom stereocenters. The summed E-state index contributed by atoms with van der Waals surface area (Å²) in [5, 5.41) is 0. The Bertz CT molecular complexity index is 937. The number of aromatic nitrogens is 1. The van der Waals surface area contributed by atoms with Crippen LogP contribution in [0.1, 0.15) is 75.3 Å². The number of allylic oxidation sites excluding steroid dienone is 3. The molecule has 2 nitrogen and oxygen atoms in total. The molecule has 2 aromatic rings. The Labute approximate surface area is 213 Å². The summed E-state index contributed by atoms with van der Waals surface area (Å²) in [6.45, 7) is 16.2. The molecular weight excluding hydrogens is 431 g/mol. The maximum Gasteiger partial charge on any atom is 0.108 e. The molecular formula is C32H45FN2. The number of hydrogen-bond donors (Lipinski definition) is 0. The van der Waals surface area contributed by atoms with Crippen molar-refractivity contribution in [3.05, 3.63) is 95.4 Å². The van der Waals surface area contributed by atoms with Crippen molar-refractivity contribution in [2.24, 2.45) is 5.92 Å². The van der Waals surface area contributed by atoms with Crippen LogP contribution in [0.5, 0.6) is 0 Å². The first-order valence-corrected chi connectivity index (χ1v) is 13.3. The van der Waals surface area contributed by atoms with Crippen LogP contribution in [0.3, 0.4) is 0 Å². The van der Waals surface area contributed by atoms with Crippen molar-refractivity contribution in [1.82, 2.24) is 9.88 Å². The second-order valence-corrected chi connectivity index (χ2v) is 9.60. The van der Waals surface area contributed by atoms with Crippen LogP contribution in [0.25, 0.3) is 5.57 Å². The summed E-state index contributed by atoms with van der Waals surface area (Å²) in [7, 11) is 0.